The van der Waals surface area contributed by atoms with E-state index in [-0.39, 0.29) is 10.5 Å². The zero-order chi connectivity index (χ0) is 16.3. The van der Waals surface area contributed by atoms with Gasteiger partial charge in [-0.2, -0.15) is 0 Å². The van der Waals surface area contributed by atoms with Gasteiger partial charge in [-0.1, -0.05) is 12.1 Å². The minimum Gasteiger partial charge on any atom is -0.478 e. The maximum absolute atomic E-state index is 12.1. The second kappa shape index (κ2) is 6.44. The molecular formula is C14H11NO6S. The highest BCUT2D eigenvalue weighted by Crippen LogP contribution is 2.32. The fraction of sp³-hybridized carbons (Fsp3) is 0.143. The van der Waals surface area contributed by atoms with Gasteiger partial charge >= 0.3 is 11.9 Å². The summed E-state index contributed by atoms with van der Waals surface area (Å²) in [6.45, 7) is -0.434. The van der Waals surface area contributed by atoms with Crippen LogP contribution in [0.25, 0.3) is 6.08 Å². The number of rotatable bonds is 4. The SMILES string of the molecule is COC(=O)CN1C(=O)SC(=Cc2ccc(C(=O)O)cc2)C1=O. The van der Waals surface area contributed by atoms with Gasteiger partial charge in [0, 0.05) is 0 Å². The van der Waals surface area contributed by atoms with Crippen molar-refractivity contribution in [3.63, 3.8) is 0 Å². The normalized spacial score (nSPS) is 16.2. The number of carbonyl (C=O) groups excluding carboxylic acids is 3. The highest BCUT2D eigenvalue weighted by Gasteiger charge is 2.36. The molecule has 0 aromatic heterocycles. The van der Waals surface area contributed by atoms with Crippen LogP contribution in [0.4, 0.5) is 4.79 Å². The summed E-state index contributed by atoms with van der Waals surface area (Å²) >= 11 is 0.714. The van der Waals surface area contributed by atoms with E-state index < -0.39 is 29.6 Å². The summed E-state index contributed by atoms with van der Waals surface area (Å²) in [5.41, 5.74) is 0.699. The number of imide groups is 1. The van der Waals surface area contributed by atoms with Crippen molar-refractivity contribution in [2.75, 3.05) is 13.7 Å². The molecular weight excluding hydrogens is 310 g/mol. The summed E-state index contributed by atoms with van der Waals surface area (Å²) < 4.78 is 4.43. The molecule has 0 radical (unpaired) electrons. The van der Waals surface area contributed by atoms with E-state index in [2.05, 4.69) is 4.74 Å². The minimum atomic E-state index is -1.05. The molecule has 1 aromatic rings. The first-order valence-corrected chi connectivity index (χ1v) is 6.89. The highest BCUT2D eigenvalue weighted by atomic mass is 32.2. The molecule has 1 aliphatic heterocycles. The third-order valence-electron chi connectivity index (χ3n) is 2.84. The van der Waals surface area contributed by atoms with Crippen molar-refractivity contribution in [1.29, 1.82) is 0 Å². The Morgan fingerprint density at radius 2 is 1.91 bits per heavy atom. The van der Waals surface area contributed by atoms with E-state index in [0.717, 1.165) is 4.90 Å². The number of carboxylic acids is 1. The highest BCUT2D eigenvalue weighted by molar-refractivity contribution is 8.18. The first kappa shape index (κ1) is 15.8. The number of thioether (sulfide) groups is 1. The van der Waals surface area contributed by atoms with E-state index in [9.17, 15) is 19.2 Å². The molecule has 1 heterocycles. The smallest absolute Gasteiger partial charge is 0.335 e. The van der Waals surface area contributed by atoms with E-state index in [1.807, 2.05) is 0 Å². The topological polar surface area (TPSA) is 101 Å². The van der Waals surface area contributed by atoms with Gasteiger partial charge in [-0.25, -0.2) is 4.79 Å². The van der Waals surface area contributed by atoms with Crippen molar-refractivity contribution in [3.8, 4) is 0 Å². The van der Waals surface area contributed by atoms with Gasteiger partial charge < -0.3 is 9.84 Å². The molecule has 0 saturated carbocycles. The summed E-state index contributed by atoms with van der Waals surface area (Å²) in [4.78, 5) is 46.7. The van der Waals surface area contributed by atoms with Crippen LogP contribution in [0.3, 0.4) is 0 Å². The van der Waals surface area contributed by atoms with Crippen LogP contribution < -0.4 is 0 Å². The van der Waals surface area contributed by atoms with Crippen molar-refractivity contribution in [1.82, 2.24) is 4.90 Å². The second-order valence-corrected chi connectivity index (χ2v) is 5.26. The fourth-order valence-corrected chi connectivity index (χ4v) is 2.54. The molecule has 1 aromatic carbocycles. The Bertz CT molecular complexity index is 679. The third-order valence-corrected chi connectivity index (χ3v) is 3.75. The van der Waals surface area contributed by atoms with Crippen LogP contribution in [0.5, 0.6) is 0 Å². The fourth-order valence-electron chi connectivity index (χ4n) is 1.70. The standard InChI is InChI=1S/C14H11NO6S/c1-21-11(16)7-15-12(17)10(22-14(15)20)6-8-2-4-9(5-3-8)13(18)19/h2-6H,7H2,1H3,(H,18,19). The minimum absolute atomic E-state index is 0.121. The zero-order valence-corrected chi connectivity index (χ0v) is 12.3. The molecule has 7 nitrogen and oxygen atoms in total. The molecule has 22 heavy (non-hydrogen) atoms. The van der Waals surface area contributed by atoms with Crippen molar-refractivity contribution >= 4 is 40.9 Å². The maximum Gasteiger partial charge on any atom is 0.335 e. The number of nitrogens with zero attached hydrogens (tertiary/aromatic N) is 1. The van der Waals surface area contributed by atoms with Gasteiger partial charge in [0.2, 0.25) is 0 Å². The Kier molecular flexibility index (Phi) is 4.62. The van der Waals surface area contributed by atoms with E-state index >= 15 is 0 Å². The number of methoxy groups -OCH3 is 1. The predicted molar refractivity (Wildman–Crippen MR) is 78.1 cm³/mol. The number of hydrogen-bond donors (Lipinski definition) is 1. The quantitative estimate of drug-likeness (QED) is 0.664. The molecule has 8 heteroatoms. The number of benzene rings is 1. The number of ether oxygens (including phenoxy) is 1. The van der Waals surface area contributed by atoms with Gasteiger partial charge in [0.15, 0.2) is 0 Å². The Labute approximate surface area is 129 Å². The molecule has 0 unspecified atom stereocenters. The largest absolute Gasteiger partial charge is 0.478 e. The van der Waals surface area contributed by atoms with E-state index in [0.29, 0.717) is 17.3 Å². The monoisotopic (exact) mass is 321 g/mol. The molecule has 0 bridgehead atoms. The summed E-state index contributed by atoms with van der Waals surface area (Å²) in [6, 6.07) is 5.84. The average molecular weight is 321 g/mol. The van der Waals surface area contributed by atoms with Crippen LogP contribution in [0.2, 0.25) is 0 Å². The lowest BCUT2D eigenvalue weighted by molar-refractivity contribution is -0.143. The zero-order valence-electron chi connectivity index (χ0n) is 11.4. The Balaban J connectivity index is 2.19. The molecule has 0 atom stereocenters. The van der Waals surface area contributed by atoms with E-state index in [1.54, 1.807) is 0 Å². The number of carboxylic acid groups (broad SMARTS) is 1. The molecule has 2 amide bonds. The van der Waals surface area contributed by atoms with Gasteiger partial charge in [-0.05, 0) is 35.5 Å². The second-order valence-electron chi connectivity index (χ2n) is 4.27. The number of aromatic carboxylic acids is 1. The van der Waals surface area contributed by atoms with Gasteiger partial charge in [-0.3, -0.25) is 19.3 Å². The summed E-state index contributed by atoms with van der Waals surface area (Å²) in [7, 11) is 1.17. The van der Waals surface area contributed by atoms with Crippen molar-refractivity contribution < 1.29 is 29.0 Å². The lowest BCUT2D eigenvalue weighted by Crippen LogP contribution is -2.34. The number of carbonyl (C=O) groups is 4. The van der Waals surface area contributed by atoms with E-state index in [1.165, 1.54) is 37.5 Å². The number of esters is 1. The van der Waals surface area contributed by atoms with Crippen molar-refractivity contribution in [3.05, 3.63) is 40.3 Å². The van der Waals surface area contributed by atoms with Crippen LogP contribution >= 0.6 is 11.8 Å². The Morgan fingerprint density at radius 1 is 1.27 bits per heavy atom. The van der Waals surface area contributed by atoms with Crippen LogP contribution in [0.1, 0.15) is 15.9 Å². The van der Waals surface area contributed by atoms with E-state index in [4.69, 9.17) is 5.11 Å². The summed E-state index contributed by atoms with van der Waals surface area (Å²) in [5, 5.41) is 8.26. The Morgan fingerprint density at radius 3 is 2.45 bits per heavy atom. The maximum atomic E-state index is 12.1. The van der Waals surface area contributed by atoms with Crippen LogP contribution in [-0.2, 0) is 14.3 Å². The van der Waals surface area contributed by atoms with Crippen LogP contribution in [0, 0.1) is 0 Å². The molecule has 1 aliphatic rings. The van der Waals surface area contributed by atoms with Gasteiger partial charge in [0.25, 0.3) is 11.1 Å². The lowest BCUT2D eigenvalue weighted by atomic mass is 10.1. The molecule has 0 spiro atoms. The van der Waals surface area contributed by atoms with Crippen molar-refractivity contribution in [2.24, 2.45) is 0 Å². The molecule has 1 N–H and O–H groups in total. The average Bonchev–Trinajstić information content (AvgIpc) is 2.75. The molecule has 1 saturated heterocycles. The van der Waals surface area contributed by atoms with Gasteiger partial charge in [-0.15, -0.1) is 0 Å². The molecule has 1 fully saturated rings. The third kappa shape index (κ3) is 3.34. The van der Waals surface area contributed by atoms with Gasteiger partial charge in [0.05, 0.1) is 17.6 Å². The molecule has 114 valence electrons. The summed E-state index contributed by atoms with van der Waals surface area (Å²) in [6.07, 6.45) is 1.47. The predicted octanol–water partition coefficient (Wildman–Crippen LogP) is 1.59. The van der Waals surface area contributed by atoms with Crippen LogP contribution in [-0.4, -0.2) is 46.7 Å². The number of amides is 2. The van der Waals surface area contributed by atoms with Gasteiger partial charge in [0.1, 0.15) is 6.54 Å². The lowest BCUT2D eigenvalue weighted by Gasteiger charge is -2.09. The van der Waals surface area contributed by atoms with Crippen molar-refractivity contribution in [2.45, 2.75) is 0 Å². The molecule has 2 rings (SSSR count). The first-order valence-electron chi connectivity index (χ1n) is 6.08. The Hall–Kier alpha value is -2.61. The first-order chi connectivity index (χ1) is 10.4. The molecule has 0 aliphatic carbocycles. The van der Waals surface area contributed by atoms with Crippen LogP contribution in [0.15, 0.2) is 29.2 Å². The summed E-state index contributed by atoms with van der Waals surface area (Å²) in [5.74, 6) is -2.32. The number of hydrogen-bond acceptors (Lipinski definition) is 6.